The Morgan fingerprint density at radius 1 is 1.45 bits per heavy atom. The van der Waals surface area contributed by atoms with Crippen molar-refractivity contribution < 1.29 is 4.79 Å². The Bertz CT molecular complexity index is 194. The Morgan fingerprint density at radius 3 is 3.00 bits per heavy atom. The number of aldehydes is 1. The zero-order valence-corrected chi connectivity index (χ0v) is 6.44. The van der Waals surface area contributed by atoms with E-state index in [4.69, 9.17) is 0 Å². The van der Waals surface area contributed by atoms with Gasteiger partial charge in [-0.3, -0.25) is 0 Å². The lowest BCUT2D eigenvalue weighted by molar-refractivity contribution is -0.107. The van der Waals surface area contributed by atoms with E-state index in [1.807, 2.05) is 10.8 Å². The summed E-state index contributed by atoms with van der Waals surface area (Å²) in [5.74, 6) is 0. The summed E-state index contributed by atoms with van der Waals surface area (Å²) in [4.78, 5) is 13.9. The molecule has 0 aliphatic heterocycles. The summed E-state index contributed by atoms with van der Waals surface area (Å²) in [5, 5.41) is 0. The maximum atomic E-state index is 9.95. The number of rotatable bonds is 5. The number of aryl methyl sites for hydroxylation is 1. The normalized spacial score (nSPS) is 9.82. The van der Waals surface area contributed by atoms with E-state index >= 15 is 0 Å². The zero-order valence-electron chi connectivity index (χ0n) is 6.44. The smallest absolute Gasteiger partial charge is 0.119 e. The Balaban J connectivity index is 2.09. The van der Waals surface area contributed by atoms with Crippen LogP contribution in [-0.4, -0.2) is 15.8 Å². The molecule has 1 rings (SSSR count). The summed E-state index contributed by atoms with van der Waals surface area (Å²) >= 11 is 0. The monoisotopic (exact) mass is 152 g/mol. The molecular formula is C8H12N2O. The van der Waals surface area contributed by atoms with Crippen molar-refractivity contribution in [2.24, 2.45) is 0 Å². The second kappa shape index (κ2) is 4.66. The van der Waals surface area contributed by atoms with Crippen molar-refractivity contribution in [3.05, 3.63) is 18.7 Å². The topological polar surface area (TPSA) is 34.9 Å². The fourth-order valence-electron chi connectivity index (χ4n) is 0.941. The maximum Gasteiger partial charge on any atom is 0.119 e. The molecule has 0 saturated heterocycles. The molecule has 0 amide bonds. The number of carbonyl (C=O) groups excluding carboxylic acids is 1. The maximum absolute atomic E-state index is 9.95. The van der Waals surface area contributed by atoms with Crippen molar-refractivity contribution in [1.82, 2.24) is 9.55 Å². The lowest BCUT2D eigenvalue weighted by Gasteiger charge is -1.98. The van der Waals surface area contributed by atoms with Crippen LogP contribution in [0.15, 0.2) is 18.7 Å². The molecule has 0 aliphatic carbocycles. The molecule has 0 unspecified atom stereocenters. The van der Waals surface area contributed by atoms with Gasteiger partial charge in [0.15, 0.2) is 0 Å². The van der Waals surface area contributed by atoms with E-state index < -0.39 is 0 Å². The molecule has 0 aliphatic rings. The number of nitrogens with zero attached hydrogens (tertiary/aromatic N) is 2. The number of carbonyl (C=O) groups is 1. The Hall–Kier alpha value is -1.12. The summed E-state index contributed by atoms with van der Waals surface area (Å²) < 4.78 is 2.02. The largest absolute Gasteiger partial charge is 0.337 e. The molecular weight excluding hydrogens is 140 g/mol. The van der Waals surface area contributed by atoms with Crippen molar-refractivity contribution in [2.75, 3.05) is 0 Å². The Labute approximate surface area is 66.1 Å². The molecule has 11 heavy (non-hydrogen) atoms. The first-order chi connectivity index (χ1) is 5.43. The van der Waals surface area contributed by atoms with Gasteiger partial charge in [-0.2, -0.15) is 0 Å². The lowest BCUT2D eigenvalue weighted by atomic mass is 10.2. The van der Waals surface area contributed by atoms with Gasteiger partial charge in [0.1, 0.15) is 6.29 Å². The van der Waals surface area contributed by atoms with Crippen LogP contribution in [0, 0.1) is 0 Å². The molecule has 1 aromatic rings. The van der Waals surface area contributed by atoms with Gasteiger partial charge in [0, 0.05) is 25.4 Å². The van der Waals surface area contributed by atoms with Crippen LogP contribution in [0.4, 0.5) is 0 Å². The van der Waals surface area contributed by atoms with Crippen molar-refractivity contribution in [2.45, 2.75) is 25.8 Å². The Morgan fingerprint density at radius 2 is 2.36 bits per heavy atom. The van der Waals surface area contributed by atoms with Gasteiger partial charge in [0.2, 0.25) is 0 Å². The highest BCUT2D eigenvalue weighted by Crippen LogP contribution is 1.96. The van der Waals surface area contributed by atoms with Gasteiger partial charge in [0.25, 0.3) is 0 Å². The van der Waals surface area contributed by atoms with Gasteiger partial charge >= 0.3 is 0 Å². The van der Waals surface area contributed by atoms with E-state index in [0.29, 0.717) is 6.42 Å². The van der Waals surface area contributed by atoms with E-state index in [-0.39, 0.29) is 0 Å². The number of hydrogen-bond acceptors (Lipinski definition) is 2. The van der Waals surface area contributed by atoms with Gasteiger partial charge in [0.05, 0.1) is 6.33 Å². The van der Waals surface area contributed by atoms with Crippen molar-refractivity contribution in [1.29, 1.82) is 0 Å². The van der Waals surface area contributed by atoms with Gasteiger partial charge in [-0.05, 0) is 12.8 Å². The summed E-state index contributed by atoms with van der Waals surface area (Å²) in [6.07, 6.45) is 9.15. The minimum Gasteiger partial charge on any atom is -0.337 e. The van der Waals surface area contributed by atoms with Crippen molar-refractivity contribution in [3.8, 4) is 0 Å². The Kier molecular flexibility index (Phi) is 3.38. The van der Waals surface area contributed by atoms with Gasteiger partial charge in [-0.15, -0.1) is 0 Å². The molecule has 0 atom stereocenters. The zero-order chi connectivity index (χ0) is 7.94. The predicted octanol–water partition coefficient (Wildman–Crippen LogP) is 1.25. The molecule has 1 heterocycles. The van der Waals surface area contributed by atoms with E-state index in [1.165, 1.54) is 0 Å². The standard InChI is InChI=1S/C8H12N2O/c11-7-3-1-2-5-10-6-4-9-8-10/h4,6-8H,1-3,5H2. The average molecular weight is 152 g/mol. The lowest BCUT2D eigenvalue weighted by Crippen LogP contribution is -1.93. The summed E-state index contributed by atoms with van der Waals surface area (Å²) in [6, 6.07) is 0. The highest BCUT2D eigenvalue weighted by atomic mass is 16.1. The molecule has 0 bridgehead atoms. The SMILES string of the molecule is O=CCCCCn1ccnc1. The van der Waals surface area contributed by atoms with E-state index in [0.717, 1.165) is 25.7 Å². The predicted molar refractivity (Wildman–Crippen MR) is 42.1 cm³/mol. The molecule has 0 radical (unpaired) electrons. The number of aromatic nitrogens is 2. The van der Waals surface area contributed by atoms with Gasteiger partial charge < -0.3 is 9.36 Å². The van der Waals surface area contributed by atoms with Crippen LogP contribution >= 0.6 is 0 Å². The average Bonchev–Trinajstić information content (AvgIpc) is 2.50. The summed E-state index contributed by atoms with van der Waals surface area (Å²) in [5.41, 5.74) is 0. The molecule has 60 valence electrons. The van der Waals surface area contributed by atoms with Crippen LogP contribution in [0.1, 0.15) is 19.3 Å². The molecule has 3 nitrogen and oxygen atoms in total. The second-order valence-corrected chi connectivity index (χ2v) is 2.46. The van der Waals surface area contributed by atoms with Gasteiger partial charge in [-0.25, -0.2) is 4.98 Å². The minimum absolute atomic E-state index is 0.675. The molecule has 0 spiro atoms. The number of unbranched alkanes of at least 4 members (excludes halogenated alkanes) is 2. The fraction of sp³-hybridized carbons (Fsp3) is 0.500. The highest BCUT2D eigenvalue weighted by Gasteiger charge is 1.89. The fourth-order valence-corrected chi connectivity index (χ4v) is 0.941. The molecule has 1 aromatic heterocycles. The first-order valence-electron chi connectivity index (χ1n) is 3.83. The number of imidazole rings is 1. The highest BCUT2D eigenvalue weighted by molar-refractivity contribution is 5.48. The molecule has 3 heteroatoms. The molecule has 0 N–H and O–H groups in total. The van der Waals surface area contributed by atoms with Gasteiger partial charge in [-0.1, -0.05) is 0 Å². The third-order valence-corrected chi connectivity index (χ3v) is 1.55. The van der Waals surface area contributed by atoms with E-state index in [1.54, 1.807) is 12.5 Å². The first kappa shape index (κ1) is 7.98. The summed E-state index contributed by atoms with van der Waals surface area (Å²) in [7, 11) is 0. The van der Waals surface area contributed by atoms with Crippen LogP contribution < -0.4 is 0 Å². The van der Waals surface area contributed by atoms with E-state index in [9.17, 15) is 4.79 Å². The third-order valence-electron chi connectivity index (χ3n) is 1.55. The minimum atomic E-state index is 0.675. The first-order valence-corrected chi connectivity index (χ1v) is 3.83. The van der Waals surface area contributed by atoms with Crippen LogP contribution in [-0.2, 0) is 11.3 Å². The van der Waals surface area contributed by atoms with Crippen LogP contribution in [0.3, 0.4) is 0 Å². The van der Waals surface area contributed by atoms with Crippen LogP contribution in [0.25, 0.3) is 0 Å². The molecule has 0 fully saturated rings. The van der Waals surface area contributed by atoms with E-state index in [2.05, 4.69) is 4.98 Å². The third kappa shape index (κ3) is 2.98. The molecule has 0 saturated carbocycles. The number of hydrogen-bond donors (Lipinski definition) is 0. The second-order valence-electron chi connectivity index (χ2n) is 2.46. The quantitative estimate of drug-likeness (QED) is 0.470. The molecule has 0 aromatic carbocycles. The van der Waals surface area contributed by atoms with Crippen LogP contribution in [0.5, 0.6) is 0 Å². The van der Waals surface area contributed by atoms with Crippen molar-refractivity contribution in [3.63, 3.8) is 0 Å². The van der Waals surface area contributed by atoms with Crippen molar-refractivity contribution >= 4 is 6.29 Å². The van der Waals surface area contributed by atoms with Crippen LogP contribution in [0.2, 0.25) is 0 Å². The summed E-state index contributed by atoms with van der Waals surface area (Å²) in [6.45, 7) is 0.966.